The molecule has 0 saturated carbocycles. The quantitative estimate of drug-likeness (QED) is 0.435. The van der Waals surface area contributed by atoms with Crippen LogP contribution in [0.25, 0.3) is 0 Å². The van der Waals surface area contributed by atoms with Gasteiger partial charge in [-0.25, -0.2) is 0 Å². The number of aliphatic hydroxyl groups excluding tert-OH is 2. The van der Waals surface area contributed by atoms with Gasteiger partial charge in [-0.05, 0) is 45.0 Å². The van der Waals surface area contributed by atoms with Crippen molar-refractivity contribution in [1.29, 1.82) is 0 Å². The number of ether oxygens (including phenoxy) is 2. The van der Waals surface area contributed by atoms with E-state index in [4.69, 9.17) is 9.47 Å². The summed E-state index contributed by atoms with van der Waals surface area (Å²) in [6.45, 7) is 1.98. The first-order chi connectivity index (χ1) is 15.7. The van der Waals surface area contributed by atoms with Gasteiger partial charge in [0.05, 0.1) is 24.0 Å². The van der Waals surface area contributed by atoms with E-state index in [2.05, 4.69) is 10.2 Å². The lowest BCUT2D eigenvalue weighted by molar-refractivity contribution is -0.169. The maximum absolute atomic E-state index is 12.6. The minimum atomic E-state index is -1.15. The van der Waals surface area contributed by atoms with Crippen molar-refractivity contribution >= 4 is 11.9 Å². The van der Waals surface area contributed by atoms with E-state index >= 15 is 0 Å². The predicted molar refractivity (Wildman–Crippen MR) is 116 cm³/mol. The fourth-order valence-electron chi connectivity index (χ4n) is 6.25. The Kier molecular flexibility index (Phi) is 5.28. The number of esters is 1. The minimum Gasteiger partial charge on any atom is -0.481 e. The third-order valence-corrected chi connectivity index (χ3v) is 7.87. The fraction of sp³-hybridized carbons (Fsp3) is 0.583. The Balaban J connectivity index is 1.47. The first-order valence-electron chi connectivity index (χ1n) is 11.4. The van der Waals surface area contributed by atoms with Crippen LogP contribution >= 0.6 is 0 Å². The zero-order valence-corrected chi connectivity index (χ0v) is 18.8. The third kappa shape index (κ3) is 3.06. The van der Waals surface area contributed by atoms with Crippen molar-refractivity contribution in [2.75, 3.05) is 20.1 Å². The number of hydrogen-bond acceptors (Lipinski definition) is 8. The standard InChI is InChI=1S/C24H30N2O7/c1-13(28)22(30)25-9-6-18(29)32-16-5-7-24(31)17-11-14-3-4-15(12-27)20-19(14)23(24,21(16)33-20)8-10-26(17)2/h3-5,13,17,21,27-28,31H,6-12H2,1-2H3,(H,25,30)/t13-,17+,21?,23?,24+/m0/s1. The number of nitrogens with zero attached hydrogens (tertiary/aromatic N) is 1. The molecule has 1 aromatic carbocycles. The topological polar surface area (TPSA) is 129 Å². The molecular formula is C24H30N2O7. The molecule has 2 unspecified atom stereocenters. The molecular weight excluding hydrogens is 428 g/mol. The van der Waals surface area contributed by atoms with Crippen LogP contribution < -0.4 is 10.1 Å². The summed E-state index contributed by atoms with van der Waals surface area (Å²) in [5.41, 5.74) is 0.848. The summed E-state index contributed by atoms with van der Waals surface area (Å²) in [5.74, 6) is -0.129. The zero-order valence-electron chi connectivity index (χ0n) is 18.8. The summed E-state index contributed by atoms with van der Waals surface area (Å²) in [6.07, 6.45) is 1.50. The number of aliphatic hydroxyl groups is 3. The molecule has 1 amide bonds. The van der Waals surface area contributed by atoms with Crippen molar-refractivity contribution in [3.8, 4) is 5.75 Å². The Morgan fingerprint density at radius 1 is 1.39 bits per heavy atom. The molecule has 0 aromatic heterocycles. The summed E-state index contributed by atoms with van der Waals surface area (Å²) in [6, 6.07) is 3.78. The van der Waals surface area contributed by atoms with Crippen LogP contribution in [-0.4, -0.2) is 76.1 Å². The second-order valence-electron chi connectivity index (χ2n) is 9.59. The van der Waals surface area contributed by atoms with Crippen molar-refractivity contribution < 1.29 is 34.4 Å². The summed E-state index contributed by atoms with van der Waals surface area (Å²) in [7, 11) is 2.02. The molecule has 1 spiro atoms. The normalized spacial score (nSPS) is 32.3. The number of nitrogens with one attached hydrogen (secondary N) is 1. The van der Waals surface area contributed by atoms with Crippen molar-refractivity contribution in [2.45, 2.75) is 68.5 Å². The van der Waals surface area contributed by atoms with Crippen LogP contribution in [0.3, 0.4) is 0 Å². The molecule has 33 heavy (non-hydrogen) atoms. The number of carbonyl (C=O) groups excluding carboxylic acids is 2. The second-order valence-corrected chi connectivity index (χ2v) is 9.59. The van der Waals surface area contributed by atoms with Crippen molar-refractivity contribution in [2.24, 2.45) is 0 Å². The van der Waals surface area contributed by atoms with Gasteiger partial charge < -0.3 is 35.0 Å². The summed E-state index contributed by atoms with van der Waals surface area (Å²) in [4.78, 5) is 26.3. The largest absolute Gasteiger partial charge is 0.481 e. The Hall–Kier alpha value is -2.46. The lowest BCUT2D eigenvalue weighted by Crippen LogP contribution is -2.74. The smallest absolute Gasteiger partial charge is 0.312 e. The molecule has 4 N–H and O–H groups in total. The van der Waals surface area contributed by atoms with E-state index in [-0.39, 0.29) is 25.6 Å². The molecule has 9 heteroatoms. The third-order valence-electron chi connectivity index (χ3n) is 7.87. The van der Waals surface area contributed by atoms with Crippen LogP contribution in [0.4, 0.5) is 0 Å². The van der Waals surface area contributed by atoms with Gasteiger partial charge in [-0.3, -0.25) is 9.59 Å². The number of likely N-dealkylation sites (N-methyl/N-ethyl adjacent to an activating group) is 1. The Labute approximate surface area is 192 Å². The minimum absolute atomic E-state index is 0.0440. The first kappa shape index (κ1) is 22.3. The number of hydrogen-bond donors (Lipinski definition) is 4. The van der Waals surface area contributed by atoms with Crippen LogP contribution in [0.5, 0.6) is 5.75 Å². The van der Waals surface area contributed by atoms with Gasteiger partial charge in [0.1, 0.15) is 17.6 Å². The molecule has 1 aromatic rings. The maximum Gasteiger partial charge on any atom is 0.312 e. The fourth-order valence-corrected chi connectivity index (χ4v) is 6.25. The van der Waals surface area contributed by atoms with Gasteiger partial charge in [0.15, 0.2) is 6.10 Å². The van der Waals surface area contributed by atoms with Gasteiger partial charge in [0, 0.05) is 30.1 Å². The Morgan fingerprint density at radius 3 is 2.91 bits per heavy atom. The highest BCUT2D eigenvalue weighted by atomic mass is 16.6. The van der Waals surface area contributed by atoms with Crippen molar-refractivity contribution in [3.63, 3.8) is 0 Å². The molecule has 4 aliphatic rings. The van der Waals surface area contributed by atoms with E-state index in [9.17, 15) is 24.9 Å². The van der Waals surface area contributed by atoms with Crippen LogP contribution in [0.1, 0.15) is 42.9 Å². The highest BCUT2D eigenvalue weighted by Crippen LogP contribution is 2.64. The van der Waals surface area contributed by atoms with E-state index in [0.717, 1.165) is 17.7 Å². The van der Waals surface area contributed by atoms with Crippen LogP contribution in [0.15, 0.2) is 24.0 Å². The molecule has 2 aliphatic carbocycles. The highest BCUT2D eigenvalue weighted by Gasteiger charge is 2.71. The molecule has 1 saturated heterocycles. The summed E-state index contributed by atoms with van der Waals surface area (Å²) >= 11 is 0. The average molecular weight is 459 g/mol. The molecule has 2 aliphatic heterocycles. The zero-order chi connectivity index (χ0) is 23.5. The van der Waals surface area contributed by atoms with Crippen molar-refractivity contribution in [1.82, 2.24) is 10.2 Å². The lowest BCUT2D eigenvalue weighted by Gasteiger charge is -2.61. The molecule has 0 radical (unpaired) electrons. The van der Waals surface area contributed by atoms with Gasteiger partial charge in [-0.15, -0.1) is 0 Å². The van der Waals surface area contributed by atoms with Gasteiger partial charge in [0.2, 0.25) is 5.91 Å². The molecule has 1 fully saturated rings. The van der Waals surface area contributed by atoms with E-state index in [0.29, 0.717) is 36.3 Å². The summed E-state index contributed by atoms with van der Waals surface area (Å²) in [5, 5.41) is 33.8. The van der Waals surface area contributed by atoms with E-state index in [1.165, 1.54) is 6.92 Å². The SMILES string of the molecule is C[C@H](O)C(=O)NCCC(=O)OC1=CC[C@@]2(O)[C@H]3Cc4ccc(CO)c5c4C2(CCN3C)C1O5. The molecule has 5 rings (SSSR count). The first-order valence-corrected chi connectivity index (χ1v) is 11.4. The highest BCUT2D eigenvalue weighted by molar-refractivity contribution is 5.80. The molecule has 2 bridgehead atoms. The Morgan fingerprint density at radius 2 is 2.18 bits per heavy atom. The van der Waals surface area contributed by atoms with Gasteiger partial charge in [-0.1, -0.05) is 12.1 Å². The Bertz CT molecular complexity index is 1040. The van der Waals surface area contributed by atoms with Crippen LogP contribution in [-0.2, 0) is 32.8 Å². The second kappa shape index (κ2) is 7.80. The number of amides is 1. The predicted octanol–water partition coefficient (Wildman–Crippen LogP) is -0.113. The van der Waals surface area contributed by atoms with E-state index in [1.807, 2.05) is 19.2 Å². The van der Waals surface area contributed by atoms with Gasteiger partial charge in [-0.2, -0.15) is 0 Å². The molecule has 9 nitrogen and oxygen atoms in total. The van der Waals surface area contributed by atoms with Gasteiger partial charge >= 0.3 is 5.97 Å². The van der Waals surface area contributed by atoms with E-state index in [1.54, 1.807) is 6.08 Å². The number of rotatable bonds is 6. The molecule has 178 valence electrons. The van der Waals surface area contributed by atoms with Gasteiger partial charge in [0.25, 0.3) is 0 Å². The van der Waals surface area contributed by atoms with Crippen LogP contribution in [0.2, 0.25) is 0 Å². The maximum atomic E-state index is 12.6. The number of benzene rings is 1. The average Bonchev–Trinajstić information content (AvgIpc) is 3.13. The number of piperidine rings is 1. The monoisotopic (exact) mass is 458 g/mol. The summed E-state index contributed by atoms with van der Waals surface area (Å²) < 4.78 is 12.1. The molecule has 2 heterocycles. The van der Waals surface area contributed by atoms with Crippen molar-refractivity contribution in [3.05, 3.63) is 40.7 Å². The number of likely N-dealkylation sites (tertiary alicyclic amines) is 1. The van der Waals surface area contributed by atoms with E-state index < -0.39 is 35.1 Å². The molecule has 5 atom stereocenters. The number of carbonyl (C=O) groups is 2. The lowest BCUT2D eigenvalue weighted by atomic mass is 9.50. The van der Waals surface area contributed by atoms with Crippen LogP contribution in [0, 0.1) is 0 Å².